The van der Waals surface area contributed by atoms with E-state index in [0.29, 0.717) is 13.1 Å². The van der Waals surface area contributed by atoms with E-state index in [1.165, 1.54) is 28.6 Å². The molecule has 0 amide bonds. The van der Waals surface area contributed by atoms with Crippen molar-refractivity contribution in [2.24, 2.45) is 5.92 Å². The fourth-order valence-electron chi connectivity index (χ4n) is 3.31. The molecule has 1 saturated heterocycles. The molecule has 0 radical (unpaired) electrons. The van der Waals surface area contributed by atoms with E-state index in [0.717, 1.165) is 4.31 Å². The van der Waals surface area contributed by atoms with Gasteiger partial charge in [0.1, 0.15) is 0 Å². The maximum Gasteiger partial charge on any atom is 0.310 e. The maximum absolute atomic E-state index is 13.0. The third-order valence-corrected chi connectivity index (χ3v) is 8.73. The summed E-state index contributed by atoms with van der Waals surface area (Å²) in [5.74, 6) is -1.30. The molecule has 0 spiro atoms. The van der Waals surface area contributed by atoms with Crippen LogP contribution in [0.3, 0.4) is 0 Å². The SMILES string of the molecule is CCOC(=O)[C@H]1C[C@H](O)CN(S(=O)(=O)c2ccc(S(=O)(=O)N(CC)CC)cc2)C1. The molecule has 11 heteroatoms. The molecule has 0 aliphatic carbocycles. The number of aliphatic hydroxyl groups is 1. The van der Waals surface area contributed by atoms with E-state index >= 15 is 0 Å². The lowest BCUT2D eigenvalue weighted by Gasteiger charge is -2.33. The van der Waals surface area contributed by atoms with Crippen molar-refractivity contribution in [1.82, 2.24) is 8.61 Å². The Labute approximate surface area is 172 Å². The summed E-state index contributed by atoms with van der Waals surface area (Å²) >= 11 is 0. The van der Waals surface area contributed by atoms with Crippen LogP contribution < -0.4 is 0 Å². The van der Waals surface area contributed by atoms with Crippen molar-refractivity contribution >= 4 is 26.0 Å². The van der Waals surface area contributed by atoms with Crippen LogP contribution in [0.15, 0.2) is 34.1 Å². The van der Waals surface area contributed by atoms with E-state index in [-0.39, 0.29) is 35.9 Å². The molecule has 0 bridgehead atoms. The highest BCUT2D eigenvalue weighted by molar-refractivity contribution is 7.89. The quantitative estimate of drug-likeness (QED) is 0.580. The Morgan fingerprint density at radius 2 is 1.62 bits per heavy atom. The van der Waals surface area contributed by atoms with Crippen molar-refractivity contribution in [3.05, 3.63) is 24.3 Å². The van der Waals surface area contributed by atoms with E-state index in [1.54, 1.807) is 20.8 Å². The molecule has 1 aromatic carbocycles. The first-order chi connectivity index (χ1) is 13.6. The van der Waals surface area contributed by atoms with Gasteiger partial charge in [0.2, 0.25) is 20.0 Å². The topological polar surface area (TPSA) is 121 Å². The van der Waals surface area contributed by atoms with Gasteiger partial charge in [-0.05, 0) is 37.6 Å². The van der Waals surface area contributed by atoms with Crippen molar-refractivity contribution in [3.63, 3.8) is 0 Å². The van der Waals surface area contributed by atoms with Crippen molar-refractivity contribution in [1.29, 1.82) is 0 Å². The summed E-state index contributed by atoms with van der Waals surface area (Å²) in [6.07, 6.45) is -0.860. The van der Waals surface area contributed by atoms with Crippen LogP contribution in [0.25, 0.3) is 0 Å². The minimum absolute atomic E-state index is 0.00299. The first-order valence-electron chi connectivity index (χ1n) is 9.52. The molecule has 9 nitrogen and oxygen atoms in total. The number of carbonyl (C=O) groups excluding carboxylic acids is 1. The molecule has 1 aliphatic heterocycles. The summed E-state index contributed by atoms with van der Waals surface area (Å²) in [5, 5.41) is 10.0. The first kappa shape index (κ1) is 23.7. The average molecular weight is 449 g/mol. The van der Waals surface area contributed by atoms with Crippen LogP contribution in [0.5, 0.6) is 0 Å². The van der Waals surface area contributed by atoms with Crippen LogP contribution >= 0.6 is 0 Å². The molecule has 164 valence electrons. The number of ether oxygens (including phenoxy) is 1. The molecular weight excluding hydrogens is 420 g/mol. The van der Waals surface area contributed by atoms with E-state index in [2.05, 4.69) is 0 Å². The molecule has 0 unspecified atom stereocenters. The number of sulfonamides is 2. The lowest BCUT2D eigenvalue weighted by Crippen LogP contribution is -2.48. The van der Waals surface area contributed by atoms with Crippen molar-refractivity contribution in [2.45, 2.75) is 43.1 Å². The Kier molecular flexibility index (Phi) is 7.80. The fourth-order valence-corrected chi connectivity index (χ4v) is 6.29. The Morgan fingerprint density at radius 3 is 2.14 bits per heavy atom. The van der Waals surface area contributed by atoms with Crippen LogP contribution in [0, 0.1) is 5.92 Å². The average Bonchev–Trinajstić information content (AvgIpc) is 2.68. The smallest absolute Gasteiger partial charge is 0.310 e. The number of piperidine rings is 1. The minimum Gasteiger partial charge on any atom is -0.466 e. The molecule has 2 rings (SSSR count). The standard InChI is InChI=1S/C18H28N2O7S2/c1-4-19(5-2)28(23,24)16-7-9-17(10-8-16)29(25,26)20-12-14(11-15(21)13-20)18(22)27-6-3/h7-10,14-15,21H,4-6,11-13H2,1-3H3/t14-,15-/m0/s1. The highest BCUT2D eigenvalue weighted by Crippen LogP contribution is 2.26. The molecule has 1 aliphatic rings. The summed E-state index contributed by atoms with van der Waals surface area (Å²) in [5.41, 5.74) is 0. The third kappa shape index (κ3) is 5.15. The summed E-state index contributed by atoms with van der Waals surface area (Å²) in [7, 11) is -7.71. The summed E-state index contributed by atoms with van der Waals surface area (Å²) in [4.78, 5) is 11.9. The van der Waals surface area contributed by atoms with Gasteiger partial charge in [-0.15, -0.1) is 0 Å². The van der Waals surface area contributed by atoms with Gasteiger partial charge in [-0.25, -0.2) is 16.8 Å². The number of aliphatic hydroxyl groups excluding tert-OH is 1. The van der Waals surface area contributed by atoms with Crippen LogP contribution in [0.1, 0.15) is 27.2 Å². The van der Waals surface area contributed by atoms with Gasteiger partial charge < -0.3 is 9.84 Å². The zero-order valence-corrected chi connectivity index (χ0v) is 18.4. The normalized spacial score (nSPS) is 21.3. The second-order valence-electron chi connectivity index (χ2n) is 6.72. The first-order valence-corrected chi connectivity index (χ1v) is 12.4. The van der Waals surface area contributed by atoms with Gasteiger partial charge in [0.05, 0.1) is 28.4 Å². The zero-order chi connectivity index (χ0) is 21.8. The highest BCUT2D eigenvalue weighted by Gasteiger charge is 2.38. The molecule has 29 heavy (non-hydrogen) atoms. The number of nitrogens with zero attached hydrogens (tertiary/aromatic N) is 2. The van der Waals surface area contributed by atoms with Gasteiger partial charge in [0.15, 0.2) is 0 Å². The Hall–Kier alpha value is -1.53. The van der Waals surface area contributed by atoms with Crippen LogP contribution in [-0.2, 0) is 29.6 Å². The Morgan fingerprint density at radius 1 is 1.07 bits per heavy atom. The molecule has 1 N–H and O–H groups in total. The fraction of sp³-hybridized carbons (Fsp3) is 0.611. The number of β-amino-alcohol motifs (C(OH)–C–C–N with tert-alkyl or cyclic N) is 1. The molecule has 1 heterocycles. The van der Waals surface area contributed by atoms with Gasteiger partial charge in [-0.2, -0.15) is 8.61 Å². The van der Waals surface area contributed by atoms with Gasteiger partial charge in [-0.1, -0.05) is 13.8 Å². The monoisotopic (exact) mass is 448 g/mol. The molecule has 1 fully saturated rings. The summed E-state index contributed by atoms with van der Waals surface area (Å²) < 4.78 is 58.3. The maximum atomic E-state index is 13.0. The Balaban J connectivity index is 2.28. The number of esters is 1. The number of hydrogen-bond donors (Lipinski definition) is 1. The highest BCUT2D eigenvalue weighted by atomic mass is 32.2. The number of rotatable bonds is 8. The largest absolute Gasteiger partial charge is 0.466 e. The van der Waals surface area contributed by atoms with Gasteiger partial charge >= 0.3 is 5.97 Å². The summed E-state index contributed by atoms with van der Waals surface area (Å²) in [6, 6.07) is 4.96. The van der Waals surface area contributed by atoms with Crippen molar-refractivity contribution < 1.29 is 31.5 Å². The lowest BCUT2D eigenvalue weighted by atomic mass is 9.98. The lowest BCUT2D eigenvalue weighted by molar-refractivity contribution is -0.150. The number of hydrogen-bond acceptors (Lipinski definition) is 7. The van der Waals surface area contributed by atoms with Gasteiger partial charge in [0.25, 0.3) is 0 Å². The molecule has 2 atom stereocenters. The third-order valence-electron chi connectivity index (χ3n) is 4.82. The summed E-state index contributed by atoms with van der Waals surface area (Å²) in [6.45, 7) is 5.64. The van der Waals surface area contributed by atoms with Crippen LogP contribution in [0.4, 0.5) is 0 Å². The molecule has 0 saturated carbocycles. The van der Waals surface area contributed by atoms with E-state index in [1.807, 2.05) is 0 Å². The molecule has 1 aromatic rings. The van der Waals surface area contributed by atoms with Crippen molar-refractivity contribution in [2.75, 3.05) is 32.8 Å². The minimum atomic E-state index is -4.01. The van der Waals surface area contributed by atoms with Gasteiger partial charge in [0, 0.05) is 26.2 Å². The predicted molar refractivity (Wildman–Crippen MR) is 106 cm³/mol. The van der Waals surface area contributed by atoms with Crippen LogP contribution in [0.2, 0.25) is 0 Å². The van der Waals surface area contributed by atoms with E-state index < -0.39 is 38.0 Å². The van der Waals surface area contributed by atoms with Crippen molar-refractivity contribution in [3.8, 4) is 0 Å². The van der Waals surface area contributed by atoms with Gasteiger partial charge in [-0.3, -0.25) is 4.79 Å². The van der Waals surface area contributed by atoms with E-state index in [4.69, 9.17) is 4.74 Å². The second-order valence-corrected chi connectivity index (χ2v) is 10.6. The second kappa shape index (κ2) is 9.52. The number of benzene rings is 1. The predicted octanol–water partition coefficient (Wildman–Crippen LogP) is 0.652. The van der Waals surface area contributed by atoms with E-state index in [9.17, 15) is 26.7 Å². The Bertz CT molecular complexity index is 910. The molecule has 0 aromatic heterocycles. The molecular formula is C18H28N2O7S2. The number of carbonyl (C=O) groups is 1. The zero-order valence-electron chi connectivity index (χ0n) is 16.8. The van der Waals surface area contributed by atoms with Crippen LogP contribution in [-0.4, -0.2) is 75.4 Å².